The Morgan fingerprint density at radius 1 is 0.976 bits per heavy atom. The molecule has 1 aliphatic heterocycles. The van der Waals surface area contributed by atoms with Crippen LogP contribution in [0.3, 0.4) is 0 Å². The number of amides is 1. The quantitative estimate of drug-likeness (QED) is 0.172. The molecule has 1 amide bonds. The second kappa shape index (κ2) is 13.6. The molecule has 0 aliphatic carbocycles. The van der Waals surface area contributed by atoms with Crippen molar-refractivity contribution < 1.29 is 28.9 Å². The van der Waals surface area contributed by atoms with Crippen LogP contribution in [0.2, 0.25) is 0 Å². The zero-order valence-electron chi connectivity index (χ0n) is 25.2. The number of hydrogen-bond donors (Lipinski definition) is 1. The third-order valence-corrected chi connectivity index (χ3v) is 7.10. The van der Waals surface area contributed by atoms with E-state index in [0.717, 1.165) is 11.1 Å². The van der Waals surface area contributed by atoms with Gasteiger partial charge in [-0.3, -0.25) is 9.59 Å². The van der Waals surface area contributed by atoms with Gasteiger partial charge in [0.2, 0.25) is 0 Å². The largest absolute Gasteiger partial charge is 0.507 e. The molecule has 0 bridgehead atoms. The van der Waals surface area contributed by atoms with E-state index in [2.05, 4.69) is 13.8 Å². The van der Waals surface area contributed by atoms with E-state index >= 15 is 0 Å². The van der Waals surface area contributed by atoms with Crippen molar-refractivity contribution >= 4 is 17.4 Å². The number of rotatable bonds is 12. The Bertz CT molecular complexity index is 1450. The smallest absolute Gasteiger partial charge is 0.295 e. The zero-order chi connectivity index (χ0) is 30.4. The van der Waals surface area contributed by atoms with E-state index < -0.39 is 17.7 Å². The summed E-state index contributed by atoms with van der Waals surface area (Å²) in [6.07, 6.45) is 0. The van der Waals surface area contributed by atoms with Crippen molar-refractivity contribution in [1.29, 1.82) is 0 Å². The molecular formula is C34H40N2O6. The summed E-state index contributed by atoms with van der Waals surface area (Å²) < 4.78 is 17.5. The molecule has 4 rings (SSSR count). The van der Waals surface area contributed by atoms with Crippen LogP contribution in [-0.4, -0.2) is 67.5 Å². The van der Waals surface area contributed by atoms with Crippen molar-refractivity contribution in [3.63, 3.8) is 0 Å². The van der Waals surface area contributed by atoms with Gasteiger partial charge in [0.15, 0.2) is 11.5 Å². The number of carbonyl (C=O) groups is 2. The molecule has 3 aromatic rings. The Labute approximate surface area is 248 Å². The normalized spacial score (nSPS) is 16.4. The van der Waals surface area contributed by atoms with E-state index in [1.807, 2.05) is 68.4 Å². The van der Waals surface area contributed by atoms with Gasteiger partial charge in [-0.1, -0.05) is 50.2 Å². The SMILES string of the molecule is COc1cc(C2C(=C(O)c3ccc(OCC(C)C)cc3C)C(=O)C(=O)N2CCN(C)C)ccc1OCc1ccccc1. The standard InChI is InChI=1S/C34H40N2O6/c1-22(2)20-41-26-13-14-27(23(3)18-26)32(37)30-31(36(17-16-35(4)5)34(39)33(30)38)25-12-15-28(29(19-25)40-6)42-21-24-10-8-7-9-11-24/h7-15,18-19,22,31,37H,16-17,20-21H2,1-6H3. The first-order chi connectivity index (χ1) is 20.1. The van der Waals surface area contributed by atoms with Crippen LogP contribution in [0.25, 0.3) is 5.76 Å². The van der Waals surface area contributed by atoms with Gasteiger partial charge in [-0.2, -0.15) is 0 Å². The highest BCUT2D eigenvalue weighted by molar-refractivity contribution is 6.46. The summed E-state index contributed by atoms with van der Waals surface area (Å²) in [5, 5.41) is 11.6. The number of ketones is 1. The lowest BCUT2D eigenvalue weighted by Gasteiger charge is -2.27. The number of methoxy groups -OCH3 is 1. The van der Waals surface area contributed by atoms with Gasteiger partial charge in [0.05, 0.1) is 25.3 Å². The molecule has 1 aliphatic rings. The van der Waals surface area contributed by atoms with Crippen molar-refractivity contribution in [1.82, 2.24) is 9.80 Å². The van der Waals surface area contributed by atoms with E-state index in [1.54, 1.807) is 31.4 Å². The molecule has 0 aromatic heterocycles. The van der Waals surface area contributed by atoms with Gasteiger partial charge in [0.1, 0.15) is 18.1 Å². The second-order valence-electron chi connectivity index (χ2n) is 11.2. The molecule has 0 saturated carbocycles. The van der Waals surface area contributed by atoms with Crippen molar-refractivity contribution in [2.45, 2.75) is 33.4 Å². The summed E-state index contributed by atoms with van der Waals surface area (Å²) in [4.78, 5) is 30.3. The summed E-state index contributed by atoms with van der Waals surface area (Å²) in [5.41, 5.74) is 2.88. The molecule has 8 nitrogen and oxygen atoms in total. The summed E-state index contributed by atoms with van der Waals surface area (Å²) in [7, 11) is 5.35. The van der Waals surface area contributed by atoms with E-state index in [9.17, 15) is 14.7 Å². The fourth-order valence-corrected chi connectivity index (χ4v) is 4.87. The maximum Gasteiger partial charge on any atom is 0.295 e. The lowest BCUT2D eigenvalue weighted by atomic mass is 9.93. The van der Waals surface area contributed by atoms with Gasteiger partial charge in [0, 0.05) is 18.7 Å². The number of aliphatic hydroxyl groups excluding tert-OH is 1. The highest BCUT2D eigenvalue weighted by Crippen LogP contribution is 2.42. The van der Waals surface area contributed by atoms with E-state index in [0.29, 0.717) is 60.6 Å². The van der Waals surface area contributed by atoms with Crippen LogP contribution in [0.15, 0.2) is 72.3 Å². The number of likely N-dealkylation sites (tertiary alicyclic amines) is 1. The number of Topliss-reactive ketones (excluding diaryl/α,β-unsaturated/α-hetero) is 1. The number of hydrogen-bond acceptors (Lipinski definition) is 7. The molecular weight excluding hydrogens is 532 g/mol. The molecule has 0 spiro atoms. The summed E-state index contributed by atoms with van der Waals surface area (Å²) >= 11 is 0. The molecule has 1 N–H and O–H groups in total. The molecule has 42 heavy (non-hydrogen) atoms. The fraction of sp³-hybridized carbons (Fsp3) is 0.353. The van der Waals surface area contributed by atoms with Crippen LogP contribution in [0.5, 0.6) is 17.2 Å². The number of nitrogens with zero attached hydrogens (tertiary/aromatic N) is 2. The topological polar surface area (TPSA) is 88.5 Å². The lowest BCUT2D eigenvalue weighted by molar-refractivity contribution is -0.140. The molecule has 1 heterocycles. The van der Waals surface area contributed by atoms with Crippen LogP contribution < -0.4 is 14.2 Å². The number of ether oxygens (including phenoxy) is 3. The average molecular weight is 573 g/mol. The van der Waals surface area contributed by atoms with Gasteiger partial charge in [-0.25, -0.2) is 0 Å². The van der Waals surface area contributed by atoms with Crippen molar-refractivity contribution in [2.75, 3.05) is 40.9 Å². The van der Waals surface area contributed by atoms with Crippen LogP contribution in [0, 0.1) is 12.8 Å². The molecule has 222 valence electrons. The molecule has 3 aromatic carbocycles. The third kappa shape index (κ3) is 6.94. The van der Waals surface area contributed by atoms with Crippen molar-refractivity contribution in [2.24, 2.45) is 5.92 Å². The highest BCUT2D eigenvalue weighted by Gasteiger charge is 2.46. The van der Waals surface area contributed by atoms with Crippen LogP contribution in [-0.2, 0) is 16.2 Å². The first-order valence-corrected chi connectivity index (χ1v) is 14.1. The Balaban J connectivity index is 1.75. The summed E-state index contributed by atoms with van der Waals surface area (Å²) in [6.45, 7) is 7.74. The lowest BCUT2D eigenvalue weighted by Crippen LogP contribution is -2.35. The Morgan fingerprint density at radius 3 is 2.36 bits per heavy atom. The molecule has 8 heteroatoms. The fourth-order valence-electron chi connectivity index (χ4n) is 4.87. The van der Waals surface area contributed by atoms with Gasteiger partial charge < -0.3 is 29.1 Å². The molecule has 1 unspecified atom stereocenters. The van der Waals surface area contributed by atoms with Crippen LogP contribution >= 0.6 is 0 Å². The van der Waals surface area contributed by atoms with Crippen molar-refractivity contribution in [3.8, 4) is 17.2 Å². The maximum absolute atomic E-state index is 13.5. The highest BCUT2D eigenvalue weighted by atomic mass is 16.5. The zero-order valence-corrected chi connectivity index (χ0v) is 25.2. The number of benzene rings is 3. The Hall–Kier alpha value is -4.30. The minimum Gasteiger partial charge on any atom is -0.507 e. The predicted octanol–water partition coefficient (Wildman–Crippen LogP) is 5.60. The minimum absolute atomic E-state index is 0.0395. The monoisotopic (exact) mass is 572 g/mol. The average Bonchev–Trinajstić information content (AvgIpc) is 3.23. The number of aliphatic hydroxyl groups is 1. The summed E-state index contributed by atoms with van der Waals surface area (Å²) in [5.74, 6) is 0.440. The Morgan fingerprint density at radius 2 is 1.71 bits per heavy atom. The first-order valence-electron chi connectivity index (χ1n) is 14.1. The first kappa shape index (κ1) is 30.7. The number of likely N-dealkylation sites (N-methyl/N-ethyl adjacent to an activating group) is 1. The van der Waals surface area contributed by atoms with Crippen molar-refractivity contribution in [3.05, 3.63) is 94.6 Å². The Kier molecular flexibility index (Phi) is 9.91. The van der Waals surface area contributed by atoms with Gasteiger partial charge in [-0.05, 0) is 74.0 Å². The van der Waals surface area contributed by atoms with Gasteiger partial charge in [-0.15, -0.1) is 0 Å². The van der Waals surface area contributed by atoms with Crippen LogP contribution in [0.4, 0.5) is 0 Å². The van der Waals surface area contributed by atoms with Gasteiger partial charge in [0.25, 0.3) is 11.7 Å². The second-order valence-corrected chi connectivity index (χ2v) is 11.2. The van der Waals surface area contributed by atoms with Gasteiger partial charge >= 0.3 is 0 Å². The number of aryl methyl sites for hydroxylation is 1. The van der Waals surface area contributed by atoms with Crippen LogP contribution in [0.1, 0.15) is 42.1 Å². The molecule has 0 radical (unpaired) electrons. The third-order valence-electron chi connectivity index (χ3n) is 7.10. The number of carbonyl (C=O) groups excluding carboxylic acids is 2. The van der Waals surface area contributed by atoms with E-state index in [4.69, 9.17) is 14.2 Å². The molecule has 1 saturated heterocycles. The van der Waals surface area contributed by atoms with E-state index in [-0.39, 0.29) is 11.3 Å². The predicted molar refractivity (Wildman–Crippen MR) is 163 cm³/mol. The molecule has 1 fully saturated rings. The summed E-state index contributed by atoms with van der Waals surface area (Å²) in [6, 6.07) is 19.7. The van der Waals surface area contributed by atoms with E-state index in [1.165, 1.54) is 4.90 Å². The maximum atomic E-state index is 13.5. The molecule has 1 atom stereocenters. The minimum atomic E-state index is -0.807.